The first-order chi connectivity index (χ1) is 12.2. The number of benzene rings is 2. The maximum atomic E-state index is 12.3. The number of nitrogens with one attached hydrogen (secondary N) is 1. The molecule has 0 saturated carbocycles. The number of rotatable bonds is 5. The van der Waals surface area contributed by atoms with Crippen molar-refractivity contribution in [1.29, 1.82) is 0 Å². The standard InChI is InChI=1S/C19H15N3O3/c23-15-10-8-14(9-11-15)13-21-22-18(24)17-7-4-12-20-19(17)25-16-5-2-1-3-6-16/h1-13,23H,(H,22,24). The molecule has 1 amide bonds. The third-order valence-corrected chi connectivity index (χ3v) is 3.25. The Kier molecular flexibility index (Phi) is 5.01. The second-order valence-electron chi connectivity index (χ2n) is 5.06. The van der Waals surface area contributed by atoms with Crippen molar-refractivity contribution in [3.8, 4) is 17.4 Å². The van der Waals surface area contributed by atoms with Crippen molar-refractivity contribution in [2.45, 2.75) is 0 Å². The lowest BCUT2D eigenvalue weighted by molar-refractivity contribution is 0.0952. The Balaban J connectivity index is 1.70. The summed E-state index contributed by atoms with van der Waals surface area (Å²) in [5.74, 6) is 0.516. The minimum absolute atomic E-state index is 0.166. The van der Waals surface area contributed by atoms with Crippen LogP contribution in [0.1, 0.15) is 15.9 Å². The van der Waals surface area contributed by atoms with Gasteiger partial charge in [0.25, 0.3) is 5.91 Å². The van der Waals surface area contributed by atoms with Gasteiger partial charge in [0.15, 0.2) is 0 Å². The number of carbonyl (C=O) groups excluding carboxylic acids is 1. The summed E-state index contributed by atoms with van der Waals surface area (Å²) in [5, 5.41) is 13.1. The van der Waals surface area contributed by atoms with E-state index in [2.05, 4.69) is 15.5 Å². The van der Waals surface area contributed by atoms with Crippen LogP contribution in [-0.2, 0) is 0 Å². The number of hydrogen-bond donors (Lipinski definition) is 2. The molecule has 3 rings (SSSR count). The summed E-state index contributed by atoms with van der Waals surface area (Å²) in [5.41, 5.74) is 3.45. The molecule has 0 radical (unpaired) electrons. The van der Waals surface area contributed by atoms with Crippen molar-refractivity contribution in [2.24, 2.45) is 5.10 Å². The van der Waals surface area contributed by atoms with Crippen molar-refractivity contribution >= 4 is 12.1 Å². The molecule has 25 heavy (non-hydrogen) atoms. The molecule has 0 aliphatic rings. The van der Waals surface area contributed by atoms with Crippen LogP contribution in [0.15, 0.2) is 78.0 Å². The maximum absolute atomic E-state index is 12.3. The van der Waals surface area contributed by atoms with Crippen molar-refractivity contribution < 1.29 is 14.6 Å². The predicted octanol–water partition coefficient (Wildman–Crippen LogP) is 3.34. The van der Waals surface area contributed by atoms with Gasteiger partial charge in [-0.25, -0.2) is 10.4 Å². The fourth-order valence-corrected chi connectivity index (χ4v) is 2.03. The molecule has 0 spiro atoms. The van der Waals surface area contributed by atoms with Gasteiger partial charge >= 0.3 is 0 Å². The van der Waals surface area contributed by atoms with E-state index in [1.165, 1.54) is 18.3 Å². The van der Waals surface area contributed by atoms with Crippen LogP contribution in [0.3, 0.4) is 0 Å². The molecule has 0 unspecified atom stereocenters. The molecule has 6 heteroatoms. The fourth-order valence-electron chi connectivity index (χ4n) is 2.03. The number of aromatic hydroxyl groups is 1. The zero-order chi connectivity index (χ0) is 17.5. The molecule has 0 fully saturated rings. The third-order valence-electron chi connectivity index (χ3n) is 3.25. The van der Waals surface area contributed by atoms with Crippen molar-refractivity contribution in [1.82, 2.24) is 10.4 Å². The summed E-state index contributed by atoms with van der Waals surface area (Å²) in [4.78, 5) is 16.4. The maximum Gasteiger partial charge on any atom is 0.276 e. The highest BCUT2D eigenvalue weighted by Gasteiger charge is 2.13. The van der Waals surface area contributed by atoms with Gasteiger partial charge in [-0.05, 0) is 54.1 Å². The summed E-state index contributed by atoms with van der Waals surface area (Å²) in [6.45, 7) is 0. The quantitative estimate of drug-likeness (QED) is 0.554. The van der Waals surface area contributed by atoms with Gasteiger partial charge in [-0.15, -0.1) is 0 Å². The summed E-state index contributed by atoms with van der Waals surface area (Å²) in [6.07, 6.45) is 3.03. The van der Waals surface area contributed by atoms with Gasteiger partial charge in [-0.3, -0.25) is 4.79 Å². The lowest BCUT2D eigenvalue weighted by Gasteiger charge is -2.08. The number of ether oxygens (including phenoxy) is 1. The number of carbonyl (C=O) groups is 1. The van der Waals surface area contributed by atoms with E-state index in [1.807, 2.05) is 18.2 Å². The molecular weight excluding hydrogens is 318 g/mol. The number of phenols is 1. The van der Waals surface area contributed by atoms with Gasteiger partial charge in [-0.1, -0.05) is 18.2 Å². The van der Waals surface area contributed by atoms with Crippen LogP contribution in [0.25, 0.3) is 0 Å². The highest BCUT2D eigenvalue weighted by molar-refractivity contribution is 5.96. The molecule has 6 nitrogen and oxygen atoms in total. The largest absolute Gasteiger partial charge is 0.508 e. The Bertz CT molecular complexity index is 878. The number of nitrogens with zero attached hydrogens (tertiary/aromatic N) is 2. The zero-order valence-electron chi connectivity index (χ0n) is 13.2. The van der Waals surface area contributed by atoms with Crippen LogP contribution in [-0.4, -0.2) is 22.2 Å². The molecule has 0 bridgehead atoms. The predicted molar refractivity (Wildman–Crippen MR) is 93.9 cm³/mol. The first-order valence-electron chi connectivity index (χ1n) is 7.53. The van der Waals surface area contributed by atoms with Gasteiger partial charge in [-0.2, -0.15) is 5.10 Å². The Morgan fingerprint density at radius 3 is 2.56 bits per heavy atom. The van der Waals surface area contributed by atoms with E-state index in [0.717, 1.165) is 5.56 Å². The normalized spacial score (nSPS) is 10.6. The minimum atomic E-state index is -0.436. The molecule has 124 valence electrons. The van der Waals surface area contributed by atoms with E-state index in [-0.39, 0.29) is 17.2 Å². The summed E-state index contributed by atoms with van der Waals surface area (Å²) >= 11 is 0. The van der Waals surface area contributed by atoms with E-state index < -0.39 is 5.91 Å². The average Bonchev–Trinajstić information content (AvgIpc) is 2.64. The molecule has 1 aromatic heterocycles. The van der Waals surface area contributed by atoms with Crippen LogP contribution in [0.5, 0.6) is 17.4 Å². The van der Waals surface area contributed by atoms with Crippen LogP contribution in [0.4, 0.5) is 0 Å². The van der Waals surface area contributed by atoms with Crippen molar-refractivity contribution in [3.05, 3.63) is 84.1 Å². The monoisotopic (exact) mass is 333 g/mol. The van der Waals surface area contributed by atoms with Crippen LogP contribution < -0.4 is 10.2 Å². The van der Waals surface area contributed by atoms with Crippen molar-refractivity contribution in [2.75, 3.05) is 0 Å². The highest BCUT2D eigenvalue weighted by Crippen LogP contribution is 2.22. The number of phenolic OH excluding ortho intramolecular Hbond substituents is 1. The Labute approximate surface area is 144 Å². The van der Waals surface area contributed by atoms with Crippen LogP contribution >= 0.6 is 0 Å². The van der Waals surface area contributed by atoms with Gasteiger partial charge in [0.1, 0.15) is 17.1 Å². The first-order valence-corrected chi connectivity index (χ1v) is 7.53. The minimum Gasteiger partial charge on any atom is -0.508 e. The van der Waals surface area contributed by atoms with E-state index in [0.29, 0.717) is 5.75 Å². The third kappa shape index (κ3) is 4.42. The first kappa shape index (κ1) is 16.2. The highest BCUT2D eigenvalue weighted by atomic mass is 16.5. The average molecular weight is 333 g/mol. The van der Waals surface area contributed by atoms with E-state index >= 15 is 0 Å². The van der Waals surface area contributed by atoms with Crippen molar-refractivity contribution in [3.63, 3.8) is 0 Å². The van der Waals surface area contributed by atoms with E-state index in [4.69, 9.17) is 4.74 Å². The second-order valence-corrected chi connectivity index (χ2v) is 5.06. The SMILES string of the molecule is O=C(NN=Cc1ccc(O)cc1)c1cccnc1Oc1ccccc1. The Morgan fingerprint density at radius 1 is 1.04 bits per heavy atom. The smallest absolute Gasteiger partial charge is 0.276 e. The Morgan fingerprint density at radius 2 is 1.80 bits per heavy atom. The lowest BCUT2D eigenvalue weighted by Crippen LogP contribution is -2.18. The second kappa shape index (κ2) is 7.74. The summed E-state index contributed by atoms with van der Waals surface area (Å²) in [6, 6.07) is 18.8. The number of hydrogen-bond acceptors (Lipinski definition) is 5. The van der Waals surface area contributed by atoms with Gasteiger partial charge < -0.3 is 9.84 Å². The van der Waals surface area contributed by atoms with Gasteiger partial charge in [0, 0.05) is 6.20 Å². The topological polar surface area (TPSA) is 83.8 Å². The van der Waals surface area contributed by atoms with Crippen LogP contribution in [0, 0.1) is 0 Å². The van der Waals surface area contributed by atoms with E-state index in [1.54, 1.807) is 42.6 Å². The van der Waals surface area contributed by atoms with Gasteiger partial charge in [0.2, 0.25) is 5.88 Å². The molecule has 2 aromatic carbocycles. The molecule has 2 N–H and O–H groups in total. The Hall–Kier alpha value is -3.67. The number of amides is 1. The number of para-hydroxylation sites is 1. The summed E-state index contributed by atoms with van der Waals surface area (Å²) < 4.78 is 5.66. The number of hydrazone groups is 1. The fraction of sp³-hybridized carbons (Fsp3) is 0. The number of pyridine rings is 1. The van der Waals surface area contributed by atoms with Crippen LogP contribution in [0.2, 0.25) is 0 Å². The van der Waals surface area contributed by atoms with Gasteiger partial charge in [0.05, 0.1) is 6.21 Å². The molecular formula is C19H15N3O3. The molecule has 1 heterocycles. The lowest BCUT2D eigenvalue weighted by atomic mass is 10.2. The number of aromatic nitrogens is 1. The molecule has 0 aliphatic carbocycles. The molecule has 0 aliphatic heterocycles. The zero-order valence-corrected chi connectivity index (χ0v) is 13.2. The molecule has 3 aromatic rings. The molecule has 0 saturated heterocycles. The van der Waals surface area contributed by atoms with E-state index in [9.17, 15) is 9.90 Å². The summed E-state index contributed by atoms with van der Waals surface area (Å²) in [7, 11) is 0. The molecule has 0 atom stereocenters.